The van der Waals surface area contributed by atoms with E-state index in [0.29, 0.717) is 16.7 Å². The van der Waals surface area contributed by atoms with Gasteiger partial charge < -0.3 is 10.1 Å². The summed E-state index contributed by atoms with van der Waals surface area (Å²) in [5.41, 5.74) is 0.881. The summed E-state index contributed by atoms with van der Waals surface area (Å²) < 4.78 is 32.9. The molecule has 0 atom stereocenters. The maximum Gasteiger partial charge on any atom is 0.261 e. The van der Waals surface area contributed by atoms with E-state index in [-0.39, 0.29) is 30.2 Å². The molecule has 6 nitrogen and oxygen atoms in total. The summed E-state index contributed by atoms with van der Waals surface area (Å²) >= 11 is 0. The Morgan fingerprint density at radius 1 is 0.969 bits per heavy atom. The van der Waals surface area contributed by atoms with Crippen molar-refractivity contribution < 1.29 is 27.9 Å². The van der Waals surface area contributed by atoms with Gasteiger partial charge in [-0.25, -0.2) is 8.78 Å². The van der Waals surface area contributed by atoms with Gasteiger partial charge in [-0.1, -0.05) is 18.2 Å². The molecule has 1 aliphatic heterocycles. The van der Waals surface area contributed by atoms with E-state index in [0.717, 1.165) is 23.1 Å². The van der Waals surface area contributed by atoms with Crippen LogP contribution < -0.4 is 10.1 Å². The average Bonchev–Trinajstić information content (AvgIpc) is 3.02. The highest BCUT2D eigenvalue weighted by Gasteiger charge is 2.35. The Bertz CT molecular complexity index is 1210. The summed E-state index contributed by atoms with van der Waals surface area (Å²) in [6.07, 6.45) is 0. The average molecular weight is 436 g/mol. The van der Waals surface area contributed by atoms with Crippen molar-refractivity contribution in [2.24, 2.45) is 0 Å². The molecule has 162 valence electrons. The normalized spacial score (nSPS) is 12.7. The van der Waals surface area contributed by atoms with Crippen molar-refractivity contribution in [3.05, 3.63) is 94.6 Å². The number of amides is 3. The fourth-order valence-corrected chi connectivity index (χ4v) is 3.48. The Morgan fingerprint density at radius 3 is 2.31 bits per heavy atom. The number of rotatable bonds is 6. The van der Waals surface area contributed by atoms with Crippen LogP contribution >= 0.6 is 0 Å². The summed E-state index contributed by atoms with van der Waals surface area (Å²) in [7, 11) is 0. The zero-order valence-electron chi connectivity index (χ0n) is 17.0. The summed E-state index contributed by atoms with van der Waals surface area (Å²) in [5.74, 6) is -2.83. The Morgan fingerprint density at radius 2 is 1.66 bits per heavy atom. The minimum atomic E-state index is -0.792. The van der Waals surface area contributed by atoms with Gasteiger partial charge in [0.05, 0.1) is 35.5 Å². The second kappa shape index (κ2) is 8.58. The van der Waals surface area contributed by atoms with Gasteiger partial charge >= 0.3 is 0 Å². The molecule has 0 saturated carbocycles. The predicted molar refractivity (Wildman–Crippen MR) is 113 cm³/mol. The molecule has 0 saturated heterocycles. The molecule has 1 aliphatic rings. The number of anilines is 1. The quantitative estimate of drug-likeness (QED) is 0.581. The number of fused-ring (bicyclic) bond motifs is 1. The third-order valence-electron chi connectivity index (χ3n) is 4.98. The minimum Gasteiger partial charge on any atom is -0.493 e. The van der Waals surface area contributed by atoms with Gasteiger partial charge in [-0.2, -0.15) is 0 Å². The fourth-order valence-electron chi connectivity index (χ4n) is 3.48. The van der Waals surface area contributed by atoms with Gasteiger partial charge in [-0.05, 0) is 48.9 Å². The maximum absolute atomic E-state index is 14.0. The number of hydrogen-bond acceptors (Lipinski definition) is 4. The van der Waals surface area contributed by atoms with Crippen molar-refractivity contribution in [3.63, 3.8) is 0 Å². The molecular weight excluding hydrogens is 418 g/mol. The first kappa shape index (κ1) is 21.2. The number of hydrogen-bond donors (Lipinski definition) is 1. The van der Waals surface area contributed by atoms with Crippen LogP contribution in [0.25, 0.3) is 0 Å². The molecular formula is C24H18F2N2O4. The number of imide groups is 1. The first-order chi connectivity index (χ1) is 15.4. The van der Waals surface area contributed by atoms with Crippen molar-refractivity contribution in [2.75, 3.05) is 11.9 Å². The minimum absolute atomic E-state index is 0.0598. The lowest BCUT2D eigenvalue weighted by Crippen LogP contribution is -2.29. The van der Waals surface area contributed by atoms with Gasteiger partial charge in [0.1, 0.15) is 17.4 Å². The second-order valence-corrected chi connectivity index (χ2v) is 7.08. The van der Waals surface area contributed by atoms with E-state index >= 15 is 0 Å². The van der Waals surface area contributed by atoms with Crippen LogP contribution in [0.15, 0.2) is 60.7 Å². The summed E-state index contributed by atoms with van der Waals surface area (Å²) in [6.45, 7) is 1.94. The fraction of sp³-hybridized carbons (Fsp3) is 0.125. The van der Waals surface area contributed by atoms with Crippen LogP contribution in [-0.4, -0.2) is 29.2 Å². The van der Waals surface area contributed by atoms with E-state index in [9.17, 15) is 23.2 Å². The monoisotopic (exact) mass is 436 g/mol. The molecule has 0 unspecified atom stereocenters. The van der Waals surface area contributed by atoms with Crippen molar-refractivity contribution in [3.8, 4) is 5.75 Å². The van der Waals surface area contributed by atoms with Crippen LogP contribution in [0.4, 0.5) is 14.5 Å². The van der Waals surface area contributed by atoms with E-state index < -0.39 is 29.4 Å². The Labute approximate surface area is 182 Å². The highest BCUT2D eigenvalue weighted by atomic mass is 19.1. The van der Waals surface area contributed by atoms with E-state index in [1.54, 1.807) is 37.3 Å². The third kappa shape index (κ3) is 3.94. The van der Waals surface area contributed by atoms with Crippen LogP contribution in [0, 0.1) is 11.6 Å². The molecule has 3 amide bonds. The van der Waals surface area contributed by atoms with Gasteiger partial charge in [0.25, 0.3) is 17.7 Å². The van der Waals surface area contributed by atoms with Gasteiger partial charge in [-0.3, -0.25) is 19.3 Å². The van der Waals surface area contributed by atoms with Gasteiger partial charge in [0, 0.05) is 6.07 Å². The number of carbonyl (C=O) groups is 3. The SMILES string of the molecule is CCOc1ccc(CN2C(=O)c3ccccc3C2=O)cc1C(=O)Nc1cc(F)ccc1F. The van der Waals surface area contributed by atoms with Gasteiger partial charge in [0.15, 0.2) is 0 Å². The smallest absolute Gasteiger partial charge is 0.261 e. The molecule has 4 rings (SSSR count). The van der Waals surface area contributed by atoms with Crippen molar-refractivity contribution >= 4 is 23.4 Å². The van der Waals surface area contributed by atoms with Crippen molar-refractivity contribution in [2.45, 2.75) is 13.5 Å². The summed E-state index contributed by atoms with van der Waals surface area (Å²) in [6, 6.07) is 13.9. The molecule has 32 heavy (non-hydrogen) atoms. The Balaban J connectivity index is 1.62. The topological polar surface area (TPSA) is 75.7 Å². The van der Waals surface area contributed by atoms with Crippen LogP contribution in [0.5, 0.6) is 5.75 Å². The summed E-state index contributed by atoms with van der Waals surface area (Å²) in [4.78, 5) is 39.2. The molecule has 1 N–H and O–H groups in total. The molecule has 0 bridgehead atoms. The second-order valence-electron chi connectivity index (χ2n) is 7.08. The molecule has 0 aliphatic carbocycles. The number of benzene rings is 3. The van der Waals surface area contributed by atoms with E-state index in [4.69, 9.17) is 4.74 Å². The molecule has 0 aromatic heterocycles. The van der Waals surface area contributed by atoms with Crippen molar-refractivity contribution in [1.82, 2.24) is 4.90 Å². The molecule has 8 heteroatoms. The summed E-state index contributed by atoms with van der Waals surface area (Å²) in [5, 5.41) is 2.34. The lowest BCUT2D eigenvalue weighted by molar-refractivity contribution is 0.0642. The maximum atomic E-state index is 14.0. The van der Waals surface area contributed by atoms with Crippen molar-refractivity contribution in [1.29, 1.82) is 0 Å². The number of nitrogens with zero attached hydrogens (tertiary/aromatic N) is 1. The molecule has 3 aromatic rings. The lowest BCUT2D eigenvalue weighted by atomic mass is 10.1. The number of carbonyl (C=O) groups excluding carboxylic acids is 3. The predicted octanol–water partition coefficient (Wildman–Crippen LogP) is 4.41. The van der Waals surface area contributed by atoms with Crippen LogP contribution in [0.2, 0.25) is 0 Å². The Hall–Kier alpha value is -4.07. The van der Waals surface area contributed by atoms with Crippen LogP contribution in [-0.2, 0) is 6.54 Å². The zero-order chi connectivity index (χ0) is 22.8. The standard InChI is InChI=1S/C24H18F2N2O4/c1-2-32-21-10-7-14(13-28-23(30)16-5-3-4-6-17(16)24(28)31)11-18(21)22(29)27-20-12-15(25)8-9-19(20)26/h3-12H,2,13H2,1H3,(H,27,29). The number of nitrogens with one attached hydrogen (secondary N) is 1. The lowest BCUT2D eigenvalue weighted by Gasteiger charge is -2.16. The van der Waals surface area contributed by atoms with E-state index in [1.165, 1.54) is 12.1 Å². The highest BCUT2D eigenvalue weighted by molar-refractivity contribution is 6.21. The molecule has 3 aromatic carbocycles. The Kier molecular flexibility index (Phi) is 5.68. The number of halogens is 2. The molecule has 0 spiro atoms. The molecule has 0 radical (unpaired) electrons. The molecule has 1 heterocycles. The molecule has 0 fully saturated rings. The first-order valence-corrected chi connectivity index (χ1v) is 9.86. The van der Waals surface area contributed by atoms with Crippen LogP contribution in [0.1, 0.15) is 43.6 Å². The van der Waals surface area contributed by atoms with Crippen LogP contribution in [0.3, 0.4) is 0 Å². The van der Waals surface area contributed by atoms with Gasteiger partial charge in [-0.15, -0.1) is 0 Å². The van der Waals surface area contributed by atoms with E-state index in [1.807, 2.05) is 0 Å². The third-order valence-corrected chi connectivity index (χ3v) is 4.98. The largest absolute Gasteiger partial charge is 0.493 e. The number of ether oxygens (including phenoxy) is 1. The first-order valence-electron chi connectivity index (χ1n) is 9.86. The zero-order valence-corrected chi connectivity index (χ0v) is 17.0. The van der Waals surface area contributed by atoms with Gasteiger partial charge in [0.2, 0.25) is 0 Å². The van der Waals surface area contributed by atoms with E-state index in [2.05, 4.69) is 5.32 Å². The highest BCUT2D eigenvalue weighted by Crippen LogP contribution is 2.27.